The molecule has 1 atom stereocenters. The predicted octanol–water partition coefficient (Wildman–Crippen LogP) is 2.68. The molecule has 92 valence electrons. The third-order valence-corrected chi connectivity index (χ3v) is 2.59. The Balaban J connectivity index is 2.12. The molecular formula is C12H23N3O. The Morgan fingerprint density at radius 2 is 1.94 bits per heavy atom. The van der Waals surface area contributed by atoms with Gasteiger partial charge in [0.25, 0.3) is 0 Å². The average molecular weight is 225 g/mol. The predicted molar refractivity (Wildman–Crippen MR) is 64.0 cm³/mol. The SMILES string of the molecule is Cc1nnc(CNC(C)CCCC(C)C)o1. The first-order chi connectivity index (χ1) is 7.58. The molecule has 0 fully saturated rings. The van der Waals surface area contributed by atoms with E-state index in [1.165, 1.54) is 19.3 Å². The van der Waals surface area contributed by atoms with Crippen LogP contribution in [0.4, 0.5) is 0 Å². The number of aryl methyl sites for hydroxylation is 1. The van der Waals surface area contributed by atoms with Gasteiger partial charge in [0, 0.05) is 13.0 Å². The van der Waals surface area contributed by atoms with Crippen molar-refractivity contribution in [1.82, 2.24) is 15.5 Å². The molecule has 1 N–H and O–H groups in total. The number of nitrogens with one attached hydrogen (secondary N) is 1. The van der Waals surface area contributed by atoms with Gasteiger partial charge in [-0.3, -0.25) is 0 Å². The van der Waals surface area contributed by atoms with E-state index in [0.29, 0.717) is 24.4 Å². The maximum atomic E-state index is 5.29. The van der Waals surface area contributed by atoms with Gasteiger partial charge in [0.1, 0.15) is 0 Å². The van der Waals surface area contributed by atoms with Crippen LogP contribution in [0.15, 0.2) is 4.42 Å². The van der Waals surface area contributed by atoms with E-state index in [2.05, 4.69) is 36.3 Å². The quantitative estimate of drug-likeness (QED) is 0.775. The standard InChI is InChI=1S/C12H23N3O/c1-9(2)6-5-7-10(3)13-8-12-15-14-11(4)16-12/h9-10,13H,5-8H2,1-4H3. The van der Waals surface area contributed by atoms with E-state index >= 15 is 0 Å². The maximum Gasteiger partial charge on any atom is 0.230 e. The maximum absolute atomic E-state index is 5.29. The Morgan fingerprint density at radius 3 is 2.50 bits per heavy atom. The molecule has 0 saturated heterocycles. The zero-order valence-corrected chi connectivity index (χ0v) is 10.8. The summed E-state index contributed by atoms with van der Waals surface area (Å²) in [5.74, 6) is 2.10. The minimum absolute atomic E-state index is 0.506. The van der Waals surface area contributed by atoms with Gasteiger partial charge in [-0.15, -0.1) is 10.2 Å². The van der Waals surface area contributed by atoms with Crippen molar-refractivity contribution in [2.24, 2.45) is 5.92 Å². The summed E-state index contributed by atoms with van der Waals surface area (Å²) in [5, 5.41) is 11.1. The van der Waals surface area contributed by atoms with Gasteiger partial charge in [0.2, 0.25) is 11.8 Å². The van der Waals surface area contributed by atoms with E-state index < -0.39 is 0 Å². The third kappa shape index (κ3) is 5.26. The second kappa shape index (κ2) is 6.63. The van der Waals surface area contributed by atoms with Gasteiger partial charge < -0.3 is 9.73 Å². The Kier molecular flexibility index (Phi) is 5.46. The molecular weight excluding hydrogens is 202 g/mol. The molecule has 0 aliphatic rings. The highest BCUT2D eigenvalue weighted by Gasteiger charge is 2.05. The minimum Gasteiger partial charge on any atom is -0.424 e. The number of aromatic nitrogens is 2. The van der Waals surface area contributed by atoms with Crippen molar-refractivity contribution in [1.29, 1.82) is 0 Å². The number of hydrogen-bond donors (Lipinski definition) is 1. The first kappa shape index (κ1) is 13.2. The van der Waals surface area contributed by atoms with Crippen LogP contribution in [0, 0.1) is 12.8 Å². The highest BCUT2D eigenvalue weighted by molar-refractivity contribution is 4.78. The first-order valence-corrected chi connectivity index (χ1v) is 6.10. The van der Waals surface area contributed by atoms with Crippen molar-refractivity contribution < 1.29 is 4.42 Å². The van der Waals surface area contributed by atoms with E-state index in [4.69, 9.17) is 4.42 Å². The van der Waals surface area contributed by atoms with Crippen LogP contribution < -0.4 is 5.32 Å². The molecule has 1 unspecified atom stereocenters. The zero-order chi connectivity index (χ0) is 12.0. The molecule has 0 spiro atoms. The van der Waals surface area contributed by atoms with Crippen LogP contribution in [0.3, 0.4) is 0 Å². The molecule has 0 aromatic carbocycles. The molecule has 4 heteroatoms. The summed E-state index contributed by atoms with van der Waals surface area (Å²) in [7, 11) is 0. The highest BCUT2D eigenvalue weighted by Crippen LogP contribution is 2.08. The van der Waals surface area contributed by atoms with Gasteiger partial charge in [0.05, 0.1) is 6.54 Å². The van der Waals surface area contributed by atoms with Crippen LogP contribution in [0.25, 0.3) is 0 Å². The van der Waals surface area contributed by atoms with Gasteiger partial charge in [-0.1, -0.05) is 26.7 Å². The van der Waals surface area contributed by atoms with Crippen molar-refractivity contribution in [3.63, 3.8) is 0 Å². The molecule has 0 saturated carbocycles. The first-order valence-electron chi connectivity index (χ1n) is 6.10. The molecule has 0 bridgehead atoms. The molecule has 1 heterocycles. The number of rotatable bonds is 7. The largest absolute Gasteiger partial charge is 0.424 e. The van der Waals surface area contributed by atoms with Crippen LogP contribution in [0.2, 0.25) is 0 Å². The molecule has 4 nitrogen and oxygen atoms in total. The fourth-order valence-electron chi connectivity index (χ4n) is 1.60. The molecule has 0 aliphatic heterocycles. The second-order valence-electron chi connectivity index (χ2n) is 4.82. The molecule has 16 heavy (non-hydrogen) atoms. The Hall–Kier alpha value is -0.900. The van der Waals surface area contributed by atoms with E-state index in [1.807, 2.05) is 6.92 Å². The Morgan fingerprint density at radius 1 is 1.19 bits per heavy atom. The van der Waals surface area contributed by atoms with Crippen molar-refractivity contribution in [3.05, 3.63) is 11.8 Å². The highest BCUT2D eigenvalue weighted by atomic mass is 16.4. The molecule has 1 rings (SSSR count). The summed E-state index contributed by atoms with van der Waals surface area (Å²) < 4.78 is 5.29. The lowest BCUT2D eigenvalue weighted by Crippen LogP contribution is -2.25. The zero-order valence-electron chi connectivity index (χ0n) is 10.8. The summed E-state index contributed by atoms with van der Waals surface area (Å²) in [6.07, 6.45) is 3.77. The van der Waals surface area contributed by atoms with Crippen LogP contribution in [0.1, 0.15) is 51.8 Å². The van der Waals surface area contributed by atoms with Crippen molar-refractivity contribution >= 4 is 0 Å². The summed E-state index contributed by atoms with van der Waals surface area (Å²) in [6.45, 7) is 9.20. The molecule has 0 radical (unpaired) electrons. The van der Waals surface area contributed by atoms with E-state index in [-0.39, 0.29) is 0 Å². The lowest BCUT2D eigenvalue weighted by atomic mass is 10.0. The second-order valence-corrected chi connectivity index (χ2v) is 4.82. The number of hydrogen-bond acceptors (Lipinski definition) is 4. The van der Waals surface area contributed by atoms with Crippen LogP contribution in [-0.4, -0.2) is 16.2 Å². The molecule has 0 aliphatic carbocycles. The monoisotopic (exact) mass is 225 g/mol. The minimum atomic E-state index is 0.506. The lowest BCUT2D eigenvalue weighted by Gasteiger charge is -2.12. The van der Waals surface area contributed by atoms with Crippen LogP contribution >= 0.6 is 0 Å². The Bertz CT molecular complexity index is 296. The van der Waals surface area contributed by atoms with E-state index in [1.54, 1.807) is 0 Å². The van der Waals surface area contributed by atoms with Crippen molar-refractivity contribution in [3.8, 4) is 0 Å². The summed E-state index contributed by atoms with van der Waals surface area (Å²) >= 11 is 0. The van der Waals surface area contributed by atoms with Crippen LogP contribution in [-0.2, 0) is 6.54 Å². The smallest absolute Gasteiger partial charge is 0.230 e. The normalized spacial score (nSPS) is 13.3. The summed E-state index contributed by atoms with van der Waals surface area (Å²) in [5.41, 5.74) is 0. The number of nitrogens with zero attached hydrogens (tertiary/aromatic N) is 2. The topological polar surface area (TPSA) is 51.0 Å². The summed E-state index contributed by atoms with van der Waals surface area (Å²) in [4.78, 5) is 0. The third-order valence-electron chi connectivity index (χ3n) is 2.59. The summed E-state index contributed by atoms with van der Waals surface area (Å²) in [6, 6.07) is 0.506. The van der Waals surface area contributed by atoms with E-state index in [0.717, 1.165) is 5.92 Å². The van der Waals surface area contributed by atoms with Crippen molar-refractivity contribution in [2.75, 3.05) is 0 Å². The average Bonchev–Trinajstić information content (AvgIpc) is 2.61. The van der Waals surface area contributed by atoms with Crippen molar-refractivity contribution in [2.45, 2.75) is 59.5 Å². The lowest BCUT2D eigenvalue weighted by molar-refractivity contribution is 0.407. The van der Waals surface area contributed by atoms with Gasteiger partial charge in [0.15, 0.2) is 0 Å². The van der Waals surface area contributed by atoms with Gasteiger partial charge in [-0.2, -0.15) is 0 Å². The van der Waals surface area contributed by atoms with Gasteiger partial charge in [-0.05, 0) is 19.3 Å². The molecule has 0 amide bonds. The van der Waals surface area contributed by atoms with E-state index in [9.17, 15) is 0 Å². The molecule has 1 aromatic rings. The molecule has 1 aromatic heterocycles. The fraction of sp³-hybridized carbons (Fsp3) is 0.833. The Labute approximate surface area is 97.8 Å². The fourth-order valence-corrected chi connectivity index (χ4v) is 1.60. The van der Waals surface area contributed by atoms with Crippen LogP contribution in [0.5, 0.6) is 0 Å². The van der Waals surface area contributed by atoms with Gasteiger partial charge in [-0.25, -0.2) is 0 Å². The van der Waals surface area contributed by atoms with Gasteiger partial charge >= 0.3 is 0 Å².